The molecule has 0 bridgehead atoms. The van der Waals surface area contributed by atoms with E-state index in [1.807, 2.05) is 39.0 Å². The summed E-state index contributed by atoms with van der Waals surface area (Å²) in [6.07, 6.45) is 1.91. The lowest BCUT2D eigenvalue weighted by atomic mass is 10.1. The predicted octanol–water partition coefficient (Wildman–Crippen LogP) is 2.97. The molecule has 0 atom stereocenters. The highest BCUT2D eigenvalue weighted by Gasteiger charge is 2.04. The van der Waals surface area contributed by atoms with Crippen LogP contribution in [0.15, 0.2) is 23.3 Å². The van der Waals surface area contributed by atoms with Gasteiger partial charge in [0.15, 0.2) is 6.61 Å². The van der Waals surface area contributed by atoms with Gasteiger partial charge < -0.3 is 4.74 Å². The van der Waals surface area contributed by atoms with Gasteiger partial charge in [0.2, 0.25) is 0 Å². The molecule has 0 radical (unpaired) electrons. The fourth-order valence-corrected chi connectivity index (χ4v) is 1.71. The van der Waals surface area contributed by atoms with Gasteiger partial charge in [-0.3, -0.25) is 4.79 Å². The molecule has 0 saturated heterocycles. The van der Waals surface area contributed by atoms with Gasteiger partial charge in [0.25, 0.3) is 5.91 Å². The number of benzene rings is 1. The molecule has 1 amide bonds. The number of carbonyl (C=O) groups is 1. The van der Waals surface area contributed by atoms with E-state index in [-0.39, 0.29) is 12.5 Å². The van der Waals surface area contributed by atoms with Crippen LogP contribution >= 0.6 is 0 Å². The molecular formula is C15H22N2O2. The summed E-state index contributed by atoms with van der Waals surface area (Å²) in [4.78, 5) is 11.6. The minimum atomic E-state index is -0.240. The molecule has 0 saturated carbocycles. The zero-order chi connectivity index (χ0) is 14.3. The third-order valence-corrected chi connectivity index (χ3v) is 2.67. The maximum atomic E-state index is 11.6. The van der Waals surface area contributed by atoms with Crippen molar-refractivity contribution in [1.82, 2.24) is 5.43 Å². The Morgan fingerprint density at radius 2 is 2.11 bits per heavy atom. The van der Waals surface area contributed by atoms with Gasteiger partial charge in [0.1, 0.15) is 5.75 Å². The monoisotopic (exact) mass is 262 g/mol. The Hall–Kier alpha value is -1.84. The first-order chi connectivity index (χ1) is 9.02. The minimum absolute atomic E-state index is 0.0210. The third-order valence-electron chi connectivity index (χ3n) is 2.67. The molecule has 0 fully saturated rings. The topological polar surface area (TPSA) is 50.7 Å². The van der Waals surface area contributed by atoms with Crippen LogP contribution in [0.1, 0.15) is 37.8 Å². The van der Waals surface area contributed by atoms with Crippen LogP contribution in [0.2, 0.25) is 0 Å². The number of hydrogen-bond acceptors (Lipinski definition) is 3. The van der Waals surface area contributed by atoms with Crippen molar-refractivity contribution >= 4 is 11.6 Å². The predicted molar refractivity (Wildman–Crippen MR) is 77.6 cm³/mol. The van der Waals surface area contributed by atoms with Crippen LogP contribution in [-0.4, -0.2) is 18.2 Å². The van der Waals surface area contributed by atoms with E-state index in [0.717, 1.165) is 29.9 Å². The summed E-state index contributed by atoms with van der Waals surface area (Å²) in [6.45, 7) is 7.93. The number of carbonyl (C=O) groups excluding carboxylic acids is 1. The minimum Gasteiger partial charge on any atom is -0.483 e. The molecule has 0 spiro atoms. The zero-order valence-electron chi connectivity index (χ0n) is 12.1. The first-order valence-corrected chi connectivity index (χ1v) is 6.55. The van der Waals surface area contributed by atoms with Crippen molar-refractivity contribution in [3.63, 3.8) is 0 Å². The number of hydrazone groups is 1. The standard InChI is InChI=1S/C15H22N2O2/c1-5-6-13(4)16-17-15(18)10-19-14-8-7-11(2)9-12(14)3/h7-9H,5-6,10H2,1-4H3,(H,17,18)/b16-13+. The van der Waals surface area contributed by atoms with E-state index >= 15 is 0 Å². The number of amides is 1. The van der Waals surface area contributed by atoms with Gasteiger partial charge in [-0.05, 0) is 38.8 Å². The van der Waals surface area contributed by atoms with Crippen LogP contribution < -0.4 is 10.2 Å². The fraction of sp³-hybridized carbons (Fsp3) is 0.467. The number of ether oxygens (including phenoxy) is 1. The summed E-state index contributed by atoms with van der Waals surface area (Å²) in [6, 6.07) is 5.87. The van der Waals surface area contributed by atoms with Gasteiger partial charge in [-0.1, -0.05) is 31.0 Å². The second kappa shape index (κ2) is 7.56. The molecule has 0 aliphatic carbocycles. The molecule has 1 N–H and O–H groups in total. The van der Waals surface area contributed by atoms with E-state index in [2.05, 4.69) is 17.5 Å². The van der Waals surface area contributed by atoms with Gasteiger partial charge >= 0.3 is 0 Å². The molecule has 0 aliphatic rings. The van der Waals surface area contributed by atoms with Crippen molar-refractivity contribution in [3.8, 4) is 5.75 Å². The van der Waals surface area contributed by atoms with Gasteiger partial charge in [0.05, 0.1) is 0 Å². The summed E-state index contributed by atoms with van der Waals surface area (Å²) in [7, 11) is 0. The Morgan fingerprint density at radius 3 is 2.74 bits per heavy atom. The van der Waals surface area contributed by atoms with E-state index in [0.29, 0.717) is 0 Å². The first-order valence-electron chi connectivity index (χ1n) is 6.55. The molecule has 0 heterocycles. The Bertz CT molecular complexity index is 467. The smallest absolute Gasteiger partial charge is 0.277 e. The van der Waals surface area contributed by atoms with Crippen LogP contribution in [0, 0.1) is 13.8 Å². The van der Waals surface area contributed by atoms with E-state index < -0.39 is 0 Å². The summed E-state index contributed by atoms with van der Waals surface area (Å²) in [5.41, 5.74) is 5.61. The van der Waals surface area contributed by atoms with E-state index in [4.69, 9.17) is 4.74 Å². The van der Waals surface area contributed by atoms with Crippen LogP contribution in [0.25, 0.3) is 0 Å². The number of rotatable bonds is 6. The summed E-state index contributed by atoms with van der Waals surface area (Å²) in [5, 5.41) is 4.00. The molecular weight excluding hydrogens is 240 g/mol. The molecule has 1 aromatic carbocycles. The van der Waals surface area contributed by atoms with Crippen LogP contribution in [0.5, 0.6) is 5.75 Å². The summed E-state index contributed by atoms with van der Waals surface area (Å²) < 4.78 is 5.46. The lowest BCUT2D eigenvalue weighted by molar-refractivity contribution is -0.123. The lowest BCUT2D eigenvalue weighted by Crippen LogP contribution is -2.25. The second-order valence-corrected chi connectivity index (χ2v) is 4.69. The number of nitrogens with one attached hydrogen (secondary N) is 1. The van der Waals surface area contributed by atoms with Crippen LogP contribution in [0.4, 0.5) is 0 Å². The number of hydrogen-bond donors (Lipinski definition) is 1. The Morgan fingerprint density at radius 1 is 1.37 bits per heavy atom. The maximum Gasteiger partial charge on any atom is 0.277 e. The third kappa shape index (κ3) is 5.55. The van der Waals surface area contributed by atoms with Crippen molar-refractivity contribution < 1.29 is 9.53 Å². The number of nitrogens with zero attached hydrogens (tertiary/aromatic N) is 1. The van der Waals surface area contributed by atoms with Crippen molar-refractivity contribution in [3.05, 3.63) is 29.3 Å². The molecule has 0 unspecified atom stereocenters. The zero-order valence-corrected chi connectivity index (χ0v) is 12.1. The highest BCUT2D eigenvalue weighted by atomic mass is 16.5. The highest BCUT2D eigenvalue weighted by molar-refractivity contribution is 5.84. The molecule has 1 rings (SSSR count). The molecule has 4 nitrogen and oxygen atoms in total. The SMILES string of the molecule is CCC/C(C)=N/NC(=O)COc1ccc(C)cc1C. The summed E-state index contributed by atoms with van der Waals surface area (Å²) >= 11 is 0. The van der Waals surface area contributed by atoms with Crippen LogP contribution in [-0.2, 0) is 4.79 Å². The Balaban J connectivity index is 2.44. The highest BCUT2D eigenvalue weighted by Crippen LogP contribution is 2.18. The van der Waals surface area contributed by atoms with Crippen molar-refractivity contribution in [2.45, 2.75) is 40.5 Å². The average molecular weight is 262 g/mol. The van der Waals surface area contributed by atoms with Gasteiger partial charge in [-0.25, -0.2) is 5.43 Å². The molecule has 1 aromatic rings. The van der Waals surface area contributed by atoms with Crippen molar-refractivity contribution in [2.24, 2.45) is 5.10 Å². The molecule has 4 heteroatoms. The molecule has 0 aromatic heterocycles. The second-order valence-electron chi connectivity index (χ2n) is 4.69. The van der Waals surface area contributed by atoms with Gasteiger partial charge in [-0.15, -0.1) is 0 Å². The normalized spacial score (nSPS) is 11.3. The maximum absolute atomic E-state index is 11.6. The van der Waals surface area contributed by atoms with Crippen molar-refractivity contribution in [1.29, 1.82) is 0 Å². The van der Waals surface area contributed by atoms with Gasteiger partial charge in [-0.2, -0.15) is 5.10 Å². The fourth-order valence-electron chi connectivity index (χ4n) is 1.71. The van der Waals surface area contributed by atoms with E-state index in [9.17, 15) is 4.79 Å². The lowest BCUT2D eigenvalue weighted by Gasteiger charge is -2.09. The van der Waals surface area contributed by atoms with Crippen LogP contribution in [0.3, 0.4) is 0 Å². The molecule has 19 heavy (non-hydrogen) atoms. The quantitative estimate of drug-likeness (QED) is 0.633. The molecule has 0 aliphatic heterocycles. The Labute approximate surface area is 114 Å². The first kappa shape index (κ1) is 15.2. The Kier molecular flexibility index (Phi) is 6.06. The molecule has 104 valence electrons. The van der Waals surface area contributed by atoms with E-state index in [1.165, 1.54) is 5.56 Å². The largest absolute Gasteiger partial charge is 0.483 e. The summed E-state index contributed by atoms with van der Waals surface area (Å²) in [5.74, 6) is 0.491. The van der Waals surface area contributed by atoms with E-state index in [1.54, 1.807) is 0 Å². The average Bonchev–Trinajstić information content (AvgIpc) is 2.35. The van der Waals surface area contributed by atoms with Gasteiger partial charge in [0, 0.05) is 5.71 Å². The number of aryl methyl sites for hydroxylation is 2. The van der Waals surface area contributed by atoms with Crippen molar-refractivity contribution in [2.75, 3.05) is 6.61 Å².